The number of aliphatic hydroxyl groups is 1. The molecule has 5 N–H and O–H groups in total. The summed E-state index contributed by atoms with van der Waals surface area (Å²) < 4.78 is 0. The fourth-order valence-corrected chi connectivity index (χ4v) is 3.35. The highest BCUT2D eigenvalue weighted by Gasteiger charge is 2.52. The molecule has 0 bridgehead atoms. The maximum absolute atomic E-state index is 11.3. The van der Waals surface area contributed by atoms with Gasteiger partial charge in [0, 0.05) is 23.1 Å². The van der Waals surface area contributed by atoms with Crippen LogP contribution < -0.4 is 5.73 Å². The van der Waals surface area contributed by atoms with Gasteiger partial charge in [-0.3, -0.25) is 0 Å². The molecule has 0 spiro atoms. The Morgan fingerprint density at radius 3 is 2.12 bits per heavy atom. The molecule has 144 valence electrons. The van der Waals surface area contributed by atoms with Crippen LogP contribution >= 0.6 is 0 Å². The molecule has 1 unspecified atom stereocenters. The molecule has 0 aliphatic heterocycles. The number of aliphatic carboxylic acids is 2. The third-order valence-corrected chi connectivity index (χ3v) is 4.54. The van der Waals surface area contributed by atoms with Crippen LogP contribution in [-0.2, 0) is 21.6 Å². The second-order valence-electron chi connectivity index (χ2n) is 8.26. The van der Waals surface area contributed by atoms with Gasteiger partial charge < -0.3 is 21.1 Å². The minimum atomic E-state index is -1.26. The summed E-state index contributed by atoms with van der Waals surface area (Å²) in [6, 6.07) is 6.39. The van der Waals surface area contributed by atoms with Crippen LogP contribution in [-0.4, -0.2) is 32.8 Å². The molecule has 0 fully saturated rings. The Hall–Kier alpha value is -2.18. The normalized spacial score (nSPS) is 21.0. The number of nitrogens with two attached hydrogens (primary N) is 1. The van der Waals surface area contributed by atoms with Crippen molar-refractivity contribution >= 4 is 11.9 Å². The summed E-state index contributed by atoms with van der Waals surface area (Å²) >= 11 is 0. The van der Waals surface area contributed by atoms with E-state index in [1.165, 1.54) is 11.1 Å². The van der Waals surface area contributed by atoms with E-state index in [0.717, 1.165) is 12.0 Å². The minimum absolute atomic E-state index is 0.167. The Labute approximate surface area is 154 Å². The van der Waals surface area contributed by atoms with Gasteiger partial charge in [-0.2, -0.15) is 0 Å². The molecule has 1 aliphatic carbocycles. The number of hydrogen-bond donors (Lipinski definition) is 4. The first-order chi connectivity index (χ1) is 11.7. The molecule has 1 aromatic rings. The molecule has 6 nitrogen and oxygen atoms in total. The van der Waals surface area contributed by atoms with Gasteiger partial charge in [0.05, 0.1) is 5.60 Å². The van der Waals surface area contributed by atoms with Crippen LogP contribution in [0.5, 0.6) is 0 Å². The lowest BCUT2D eigenvalue weighted by molar-refractivity contribution is -0.134. The highest BCUT2D eigenvalue weighted by atomic mass is 16.4. The Balaban J connectivity index is 0.000000359. The number of carboxylic acids is 2. The number of carbonyl (C=O) groups is 2. The minimum Gasteiger partial charge on any atom is -0.478 e. The van der Waals surface area contributed by atoms with Gasteiger partial charge in [0.2, 0.25) is 0 Å². The van der Waals surface area contributed by atoms with E-state index in [9.17, 15) is 14.7 Å². The molecule has 0 amide bonds. The molecule has 1 aromatic carbocycles. The van der Waals surface area contributed by atoms with E-state index in [1.54, 1.807) is 0 Å². The second kappa shape index (κ2) is 7.60. The summed E-state index contributed by atoms with van der Waals surface area (Å²) in [6.07, 6.45) is 2.61. The van der Waals surface area contributed by atoms with Gasteiger partial charge in [0.15, 0.2) is 0 Å². The van der Waals surface area contributed by atoms with Crippen molar-refractivity contribution in [2.45, 2.75) is 58.6 Å². The van der Waals surface area contributed by atoms with Gasteiger partial charge in [0.1, 0.15) is 0 Å². The first-order valence-corrected chi connectivity index (χ1v) is 8.43. The molecule has 0 heterocycles. The lowest BCUT2D eigenvalue weighted by Gasteiger charge is -2.41. The molecule has 1 aliphatic rings. The smallest absolute Gasteiger partial charge is 0.328 e. The third kappa shape index (κ3) is 5.41. The van der Waals surface area contributed by atoms with Crippen molar-refractivity contribution in [2.24, 2.45) is 11.1 Å². The van der Waals surface area contributed by atoms with E-state index < -0.39 is 17.5 Å². The zero-order valence-electron chi connectivity index (χ0n) is 16.0. The molecule has 0 saturated heterocycles. The van der Waals surface area contributed by atoms with Gasteiger partial charge in [-0.05, 0) is 44.7 Å². The van der Waals surface area contributed by atoms with Crippen LogP contribution in [0.25, 0.3) is 0 Å². The van der Waals surface area contributed by atoms with E-state index in [4.69, 9.17) is 15.9 Å². The van der Waals surface area contributed by atoms with Crippen LogP contribution in [0, 0.1) is 12.3 Å². The van der Waals surface area contributed by atoms with Crippen LogP contribution in [0.2, 0.25) is 0 Å². The van der Waals surface area contributed by atoms with Gasteiger partial charge in [-0.1, -0.05) is 37.6 Å². The van der Waals surface area contributed by atoms with Crippen LogP contribution in [0.1, 0.15) is 50.8 Å². The summed E-state index contributed by atoms with van der Waals surface area (Å²) in [5.41, 5.74) is 8.32. The van der Waals surface area contributed by atoms with Crippen molar-refractivity contribution < 1.29 is 24.9 Å². The summed E-state index contributed by atoms with van der Waals surface area (Å²) in [5.74, 6) is -2.51. The van der Waals surface area contributed by atoms with Gasteiger partial charge in [-0.15, -0.1) is 0 Å². The summed E-state index contributed by atoms with van der Waals surface area (Å²) in [7, 11) is 0. The predicted octanol–water partition coefficient (Wildman–Crippen LogP) is 2.60. The molecule has 0 radical (unpaired) electrons. The van der Waals surface area contributed by atoms with E-state index in [2.05, 4.69) is 39.0 Å². The Morgan fingerprint density at radius 1 is 1.19 bits per heavy atom. The maximum atomic E-state index is 11.3. The van der Waals surface area contributed by atoms with E-state index in [0.29, 0.717) is 18.6 Å². The Morgan fingerprint density at radius 2 is 1.69 bits per heavy atom. The molecular weight excluding hydrogens is 334 g/mol. The number of fused-ring (bicyclic) bond motifs is 1. The third-order valence-electron chi connectivity index (χ3n) is 4.54. The molecule has 26 heavy (non-hydrogen) atoms. The fourth-order valence-electron chi connectivity index (χ4n) is 3.35. The average Bonchev–Trinajstić information content (AvgIpc) is 2.63. The summed E-state index contributed by atoms with van der Waals surface area (Å²) in [4.78, 5) is 19.1. The first kappa shape index (κ1) is 21.9. The van der Waals surface area contributed by atoms with Crippen LogP contribution in [0.15, 0.2) is 30.4 Å². The van der Waals surface area contributed by atoms with Gasteiger partial charge in [0.25, 0.3) is 0 Å². The first-order valence-electron chi connectivity index (χ1n) is 8.43. The molecule has 0 aromatic heterocycles. The van der Waals surface area contributed by atoms with Crippen molar-refractivity contribution in [3.63, 3.8) is 0 Å². The number of carboxylic acid groups (broad SMARTS) is 2. The average molecular weight is 363 g/mol. The zero-order chi connectivity index (χ0) is 20.3. The number of rotatable bonds is 4. The lowest BCUT2D eigenvalue weighted by atomic mass is 9.70. The number of aryl methyl sites for hydroxylation is 1. The van der Waals surface area contributed by atoms with Crippen molar-refractivity contribution in [2.75, 3.05) is 0 Å². The highest BCUT2D eigenvalue weighted by molar-refractivity contribution is 5.89. The zero-order valence-corrected chi connectivity index (χ0v) is 16.0. The largest absolute Gasteiger partial charge is 0.478 e. The number of benzene rings is 1. The summed E-state index contributed by atoms with van der Waals surface area (Å²) in [5, 5.41) is 26.9. The van der Waals surface area contributed by atoms with Crippen molar-refractivity contribution in [1.29, 1.82) is 0 Å². The Kier molecular flexibility index (Phi) is 6.39. The van der Waals surface area contributed by atoms with E-state index >= 15 is 0 Å². The molecular formula is C20H29NO5. The number of hydrogen-bond acceptors (Lipinski definition) is 4. The van der Waals surface area contributed by atoms with Crippen LogP contribution in [0.3, 0.4) is 0 Å². The molecule has 1 atom stereocenters. The van der Waals surface area contributed by atoms with Crippen molar-refractivity contribution in [3.05, 3.63) is 47.0 Å². The highest BCUT2D eigenvalue weighted by Crippen LogP contribution is 2.53. The molecule has 2 rings (SSSR count). The van der Waals surface area contributed by atoms with Crippen molar-refractivity contribution in [3.8, 4) is 0 Å². The van der Waals surface area contributed by atoms with Crippen molar-refractivity contribution in [1.82, 2.24) is 0 Å². The standard InChI is InChI=1S/C16H25NO.C4H4O4/c1-11-6-7-12-9-14(2,3)16(18,13(12)8-11)10-15(4,5)17;5-3(6)1-2-4(7)8/h6-8,18H,9-10,17H2,1-5H3;1-2H,(H,5,6)(H,7,8). The predicted molar refractivity (Wildman–Crippen MR) is 99.9 cm³/mol. The Bertz CT molecular complexity index is 699. The molecule has 0 saturated carbocycles. The van der Waals surface area contributed by atoms with Crippen LogP contribution in [0.4, 0.5) is 0 Å². The lowest BCUT2D eigenvalue weighted by Crippen LogP contribution is -2.47. The summed E-state index contributed by atoms with van der Waals surface area (Å²) in [6.45, 7) is 10.3. The van der Waals surface area contributed by atoms with Gasteiger partial charge in [-0.25, -0.2) is 9.59 Å². The second-order valence-corrected chi connectivity index (χ2v) is 8.26. The van der Waals surface area contributed by atoms with E-state index in [1.807, 2.05) is 13.8 Å². The maximum Gasteiger partial charge on any atom is 0.328 e. The van der Waals surface area contributed by atoms with Gasteiger partial charge >= 0.3 is 11.9 Å². The molecule has 6 heteroatoms. The quantitative estimate of drug-likeness (QED) is 0.610. The SMILES string of the molecule is Cc1ccc2c(c1)C(O)(CC(C)(C)N)C(C)(C)C2.O=C(O)C=CC(=O)O. The topological polar surface area (TPSA) is 121 Å². The van der Waals surface area contributed by atoms with E-state index in [-0.39, 0.29) is 11.0 Å². The monoisotopic (exact) mass is 363 g/mol. The fraction of sp³-hybridized carbons (Fsp3) is 0.500.